The lowest BCUT2D eigenvalue weighted by molar-refractivity contribution is 0.0953. The Morgan fingerprint density at radius 3 is 2.76 bits per heavy atom. The van der Waals surface area contributed by atoms with Crippen LogP contribution in [0.4, 0.5) is 11.4 Å². The first-order chi connectivity index (χ1) is 10.1. The molecule has 0 saturated carbocycles. The van der Waals surface area contributed by atoms with E-state index in [1.807, 2.05) is 18.2 Å². The third-order valence-corrected chi connectivity index (χ3v) is 3.29. The van der Waals surface area contributed by atoms with Gasteiger partial charge in [0.25, 0.3) is 5.91 Å². The summed E-state index contributed by atoms with van der Waals surface area (Å²) in [7, 11) is 0. The van der Waals surface area contributed by atoms with Gasteiger partial charge >= 0.3 is 0 Å². The van der Waals surface area contributed by atoms with Crippen LogP contribution in [-0.2, 0) is 0 Å². The number of amides is 1. The van der Waals surface area contributed by atoms with E-state index in [1.54, 1.807) is 18.3 Å². The number of nitrogens with one attached hydrogen (secondary N) is 2. The predicted molar refractivity (Wildman–Crippen MR) is 86.0 cm³/mol. The van der Waals surface area contributed by atoms with Crippen molar-refractivity contribution in [3.8, 4) is 0 Å². The number of aryl methyl sites for hydroxylation is 1. The SMILES string of the molecule is C=CCNC(=O)c1ccc(Nc2cccc(C)c2C)cn1. The van der Waals surface area contributed by atoms with Crippen LogP contribution < -0.4 is 10.6 Å². The molecule has 4 heteroatoms. The van der Waals surface area contributed by atoms with Gasteiger partial charge in [-0.3, -0.25) is 4.79 Å². The molecule has 2 aromatic rings. The maximum absolute atomic E-state index is 11.7. The number of nitrogens with zero attached hydrogens (tertiary/aromatic N) is 1. The number of rotatable bonds is 5. The Bertz CT molecular complexity index is 648. The van der Waals surface area contributed by atoms with Crippen molar-refractivity contribution in [3.05, 3.63) is 66.0 Å². The maximum Gasteiger partial charge on any atom is 0.270 e. The zero-order chi connectivity index (χ0) is 15.2. The predicted octanol–water partition coefficient (Wildman–Crippen LogP) is 3.36. The van der Waals surface area contributed by atoms with E-state index >= 15 is 0 Å². The van der Waals surface area contributed by atoms with Crippen molar-refractivity contribution >= 4 is 17.3 Å². The third kappa shape index (κ3) is 3.69. The minimum atomic E-state index is -0.201. The van der Waals surface area contributed by atoms with Crippen LogP contribution in [0.5, 0.6) is 0 Å². The molecule has 2 N–H and O–H groups in total. The molecule has 4 nitrogen and oxygen atoms in total. The number of carbonyl (C=O) groups excluding carboxylic acids is 1. The molecule has 0 atom stereocenters. The Hall–Kier alpha value is -2.62. The van der Waals surface area contributed by atoms with E-state index in [9.17, 15) is 4.79 Å². The van der Waals surface area contributed by atoms with Crippen molar-refractivity contribution in [2.75, 3.05) is 11.9 Å². The molecule has 0 spiro atoms. The number of pyridine rings is 1. The highest BCUT2D eigenvalue weighted by molar-refractivity contribution is 5.92. The minimum absolute atomic E-state index is 0.201. The van der Waals surface area contributed by atoms with Gasteiger partial charge in [0.15, 0.2) is 0 Å². The highest BCUT2D eigenvalue weighted by Crippen LogP contribution is 2.22. The summed E-state index contributed by atoms with van der Waals surface area (Å²) in [5.41, 5.74) is 4.71. The number of carbonyl (C=O) groups is 1. The summed E-state index contributed by atoms with van der Waals surface area (Å²) in [6.45, 7) is 8.14. The summed E-state index contributed by atoms with van der Waals surface area (Å²) in [6.07, 6.45) is 3.29. The zero-order valence-corrected chi connectivity index (χ0v) is 12.3. The summed E-state index contributed by atoms with van der Waals surface area (Å²) in [4.78, 5) is 15.9. The molecule has 0 unspecified atom stereocenters. The van der Waals surface area contributed by atoms with Crippen LogP contribution in [0.3, 0.4) is 0 Å². The van der Waals surface area contributed by atoms with Crippen LogP contribution in [0.1, 0.15) is 21.6 Å². The molecule has 2 rings (SSSR count). The normalized spacial score (nSPS) is 10.0. The molecule has 1 aromatic heterocycles. The standard InChI is InChI=1S/C17H19N3O/c1-4-10-18-17(21)16-9-8-14(11-19-16)20-15-7-5-6-12(2)13(15)3/h4-9,11,20H,1,10H2,2-3H3,(H,18,21). The van der Waals surface area contributed by atoms with Gasteiger partial charge in [0.05, 0.1) is 11.9 Å². The Kier molecular flexibility index (Phi) is 4.72. The van der Waals surface area contributed by atoms with Gasteiger partial charge < -0.3 is 10.6 Å². The summed E-state index contributed by atoms with van der Waals surface area (Å²) < 4.78 is 0. The largest absolute Gasteiger partial charge is 0.354 e. The van der Waals surface area contributed by atoms with Gasteiger partial charge in [-0.1, -0.05) is 18.2 Å². The number of aromatic nitrogens is 1. The molecule has 0 aliphatic carbocycles. The van der Waals surface area contributed by atoms with Crippen LogP contribution in [0.15, 0.2) is 49.2 Å². The van der Waals surface area contributed by atoms with Gasteiger partial charge in [-0.15, -0.1) is 6.58 Å². The molecule has 0 bridgehead atoms. The number of anilines is 2. The molecule has 21 heavy (non-hydrogen) atoms. The lowest BCUT2D eigenvalue weighted by Crippen LogP contribution is -2.24. The topological polar surface area (TPSA) is 54.0 Å². The highest BCUT2D eigenvalue weighted by Gasteiger charge is 2.06. The molecule has 0 aliphatic rings. The number of benzene rings is 1. The van der Waals surface area contributed by atoms with E-state index in [4.69, 9.17) is 0 Å². The fraction of sp³-hybridized carbons (Fsp3) is 0.176. The summed E-state index contributed by atoms with van der Waals surface area (Å²) in [5, 5.41) is 6.01. The van der Waals surface area contributed by atoms with Crippen molar-refractivity contribution in [2.24, 2.45) is 0 Å². The first kappa shape index (κ1) is 14.8. The van der Waals surface area contributed by atoms with Crippen molar-refractivity contribution < 1.29 is 4.79 Å². The third-order valence-electron chi connectivity index (χ3n) is 3.29. The first-order valence-corrected chi connectivity index (χ1v) is 6.80. The second kappa shape index (κ2) is 6.70. The Balaban J connectivity index is 2.10. The van der Waals surface area contributed by atoms with E-state index in [-0.39, 0.29) is 5.91 Å². The average molecular weight is 281 g/mol. The molecular weight excluding hydrogens is 262 g/mol. The van der Waals surface area contributed by atoms with Gasteiger partial charge in [-0.25, -0.2) is 4.98 Å². The fourth-order valence-corrected chi connectivity index (χ4v) is 1.90. The molecule has 0 saturated heterocycles. The molecule has 1 heterocycles. The van der Waals surface area contributed by atoms with Gasteiger partial charge in [-0.2, -0.15) is 0 Å². The molecule has 0 fully saturated rings. The van der Waals surface area contributed by atoms with Crippen molar-refractivity contribution in [2.45, 2.75) is 13.8 Å². The van der Waals surface area contributed by atoms with Crippen LogP contribution in [0, 0.1) is 13.8 Å². The number of hydrogen-bond donors (Lipinski definition) is 2. The van der Waals surface area contributed by atoms with Crippen LogP contribution in [0.2, 0.25) is 0 Å². The van der Waals surface area contributed by atoms with E-state index in [1.165, 1.54) is 11.1 Å². The molecule has 1 amide bonds. The van der Waals surface area contributed by atoms with Crippen LogP contribution >= 0.6 is 0 Å². The average Bonchev–Trinajstić information content (AvgIpc) is 2.50. The van der Waals surface area contributed by atoms with Gasteiger partial charge in [0, 0.05) is 12.2 Å². The van der Waals surface area contributed by atoms with E-state index in [2.05, 4.69) is 42.1 Å². The van der Waals surface area contributed by atoms with Gasteiger partial charge in [-0.05, 0) is 43.2 Å². The smallest absolute Gasteiger partial charge is 0.270 e. The number of hydrogen-bond acceptors (Lipinski definition) is 3. The van der Waals surface area contributed by atoms with Crippen molar-refractivity contribution in [3.63, 3.8) is 0 Å². The molecule has 0 radical (unpaired) electrons. The van der Waals surface area contributed by atoms with Crippen LogP contribution in [0.25, 0.3) is 0 Å². The Morgan fingerprint density at radius 1 is 1.29 bits per heavy atom. The van der Waals surface area contributed by atoms with Gasteiger partial charge in [0.1, 0.15) is 5.69 Å². The minimum Gasteiger partial charge on any atom is -0.354 e. The van der Waals surface area contributed by atoms with E-state index in [0.29, 0.717) is 12.2 Å². The van der Waals surface area contributed by atoms with Crippen LogP contribution in [-0.4, -0.2) is 17.4 Å². The Morgan fingerprint density at radius 2 is 2.10 bits per heavy atom. The second-order valence-corrected chi connectivity index (χ2v) is 4.80. The highest BCUT2D eigenvalue weighted by atomic mass is 16.1. The molecule has 0 aliphatic heterocycles. The monoisotopic (exact) mass is 281 g/mol. The quantitative estimate of drug-likeness (QED) is 0.826. The molecule has 108 valence electrons. The summed E-state index contributed by atoms with van der Waals surface area (Å²) in [5.74, 6) is -0.201. The lowest BCUT2D eigenvalue weighted by atomic mass is 10.1. The summed E-state index contributed by atoms with van der Waals surface area (Å²) >= 11 is 0. The Labute approximate surface area is 124 Å². The fourth-order valence-electron chi connectivity index (χ4n) is 1.90. The second-order valence-electron chi connectivity index (χ2n) is 4.80. The van der Waals surface area contributed by atoms with Crippen molar-refractivity contribution in [1.29, 1.82) is 0 Å². The summed E-state index contributed by atoms with van der Waals surface area (Å²) in [6, 6.07) is 9.65. The van der Waals surface area contributed by atoms with E-state index in [0.717, 1.165) is 11.4 Å². The van der Waals surface area contributed by atoms with Crippen molar-refractivity contribution in [1.82, 2.24) is 10.3 Å². The molecular formula is C17H19N3O. The first-order valence-electron chi connectivity index (χ1n) is 6.80. The lowest BCUT2D eigenvalue weighted by Gasteiger charge is -2.11. The molecule has 1 aromatic carbocycles. The van der Waals surface area contributed by atoms with Gasteiger partial charge in [0.2, 0.25) is 0 Å². The maximum atomic E-state index is 11.7. The zero-order valence-electron chi connectivity index (χ0n) is 12.3. The van der Waals surface area contributed by atoms with E-state index < -0.39 is 0 Å².